The highest BCUT2D eigenvalue weighted by molar-refractivity contribution is 5.98. The average molecular weight is 83.6 g/mol. The Balaban J connectivity index is 2.99. The zero-order chi connectivity index (χ0) is 4.99. The first-order valence-corrected chi connectivity index (χ1v) is 1.02. The van der Waals surface area contributed by atoms with Crippen LogP contribution in [0.1, 0.15) is 0 Å². The van der Waals surface area contributed by atoms with Crippen molar-refractivity contribution >= 4 is 16.1 Å². The second-order valence-electron chi connectivity index (χ2n) is 0.434. The lowest BCUT2D eigenvalue weighted by Crippen LogP contribution is -2.04. The molecule has 0 atom stereocenters. The van der Waals surface area contributed by atoms with Gasteiger partial charge in [-0.15, -0.1) is 0 Å². The van der Waals surface area contributed by atoms with Crippen LogP contribution in [0.3, 0.4) is 0 Å². The molecule has 0 aromatic rings. The largest absolute Gasteiger partial charge is 0.505 e. The summed E-state index contributed by atoms with van der Waals surface area (Å²) in [6, 6.07) is 0. The summed E-state index contributed by atoms with van der Waals surface area (Å²) in [6.45, 7) is 0. The molecule has 0 aliphatic rings. The molecule has 0 aromatic heterocycles. The summed E-state index contributed by atoms with van der Waals surface area (Å²) in [5.41, 5.74) is 0. The molecule has 0 saturated carbocycles. The van der Waals surface area contributed by atoms with Crippen LogP contribution in [0.5, 0.6) is 0 Å². The smallest absolute Gasteiger partial charge is 0.288 e. The van der Waals surface area contributed by atoms with Crippen molar-refractivity contribution in [3.05, 3.63) is 4.91 Å². The van der Waals surface area contributed by atoms with E-state index in [0.29, 0.717) is 0 Å². The van der Waals surface area contributed by atoms with Gasteiger partial charge in [-0.3, -0.25) is 9.51 Å². The van der Waals surface area contributed by atoms with Gasteiger partial charge in [-0.1, -0.05) is 0 Å². The van der Waals surface area contributed by atoms with Crippen LogP contribution in [-0.2, 0) is 9.51 Å². The summed E-state index contributed by atoms with van der Waals surface area (Å²) in [5, 5.41) is -0.444. The summed E-state index contributed by atoms with van der Waals surface area (Å²) >= 11 is 0. The first-order valence-electron chi connectivity index (χ1n) is 1.02. The van der Waals surface area contributed by atoms with E-state index in [9.17, 15) is 4.91 Å². The van der Waals surface area contributed by atoms with Gasteiger partial charge < -0.3 is 0 Å². The molecule has 0 aliphatic heterocycles. The van der Waals surface area contributed by atoms with Crippen molar-refractivity contribution in [1.82, 2.24) is 0 Å². The molecular formula is B2NO3+. The van der Waals surface area contributed by atoms with Gasteiger partial charge in [0.25, 0.3) is 0 Å². The lowest BCUT2D eigenvalue weighted by Gasteiger charge is -1.76. The molecule has 0 N–H and O–H groups in total. The maximum atomic E-state index is 9.40. The number of hydrogen-bond donors (Lipinski definition) is 0. The van der Waals surface area contributed by atoms with E-state index < -0.39 is 5.09 Å². The Morgan fingerprint density at radius 2 is 1.67 bits per heavy atom. The van der Waals surface area contributed by atoms with E-state index in [-0.39, 0.29) is 0 Å². The van der Waals surface area contributed by atoms with E-state index in [0.717, 1.165) is 0 Å². The van der Waals surface area contributed by atoms with Crippen molar-refractivity contribution in [2.45, 2.75) is 0 Å². The minimum absolute atomic E-state index is 0.444. The van der Waals surface area contributed by atoms with Gasteiger partial charge in [0.1, 0.15) is 4.91 Å². The average Bonchev–Trinajstić information content (AvgIpc) is 1.65. The standard InChI is InChI=1S/B2NO3/c1-5-3(4)6-2/q+1. The van der Waals surface area contributed by atoms with Crippen molar-refractivity contribution in [1.29, 1.82) is 0 Å². The molecule has 0 aliphatic carbocycles. The maximum absolute atomic E-state index is 9.40. The molecule has 6 heavy (non-hydrogen) atoms. The Kier molecular flexibility index (Phi) is 2.27. The summed E-state index contributed by atoms with van der Waals surface area (Å²) in [4.78, 5) is 9.40. The maximum Gasteiger partial charge on any atom is 0.505 e. The highest BCUT2D eigenvalue weighted by Gasteiger charge is 1.98. The lowest BCUT2D eigenvalue weighted by molar-refractivity contribution is -0.928. The van der Waals surface area contributed by atoms with Gasteiger partial charge in [0.05, 0.1) is 0 Å². The minimum atomic E-state index is -0.444. The predicted molar refractivity (Wildman–Crippen MR) is 17.3 cm³/mol. The summed E-state index contributed by atoms with van der Waals surface area (Å²) in [6.07, 6.45) is 0. The molecule has 0 amide bonds. The van der Waals surface area contributed by atoms with Gasteiger partial charge in [0.2, 0.25) is 0 Å². The minimum Gasteiger partial charge on any atom is -0.288 e. The second-order valence-corrected chi connectivity index (χ2v) is 0.434. The van der Waals surface area contributed by atoms with Crippen LogP contribution in [0.25, 0.3) is 0 Å². The van der Waals surface area contributed by atoms with Crippen LogP contribution in [0, 0.1) is 4.91 Å². The molecule has 0 spiro atoms. The zero-order valence-corrected chi connectivity index (χ0v) is 2.83. The fourth-order valence-electron chi connectivity index (χ4n) is 0.0248. The molecule has 0 fully saturated rings. The van der Waals surface area contributed by atoms with Gasteiger partial charge in [-0.2, -0.15) is 0 Å². The van der Waals surface area contributed by atoms with Crippen LogP contribution < -0.4 is 0 Å². The summed E-state index contributed by atoms with van der Waals surface area (Å²) in [5.74, 6) is 0. The Morgan fingerprint density at radius 1 is 1.33 bits per heavy atom. The van der Waals surface area contributed by atoms with Crippen LogP contribution in [-0.4, -0.2) is 21.2 Å². The fraction of sp³-hybridized carbons (Fsp3) is 0. The topological polar surface area (TPSA) is 38.5 Å². The molecule has 0 unspecified atom stereocenters. The fourth-order valence-corrected chi connectivity index (χ4v) is 0.0248. The first-order chi connectivity index (χ1) is 2.81. The molecular weight excluding hydrogens is 83.6 g/mol. The Morgan fingerprint density at radius 3 is 1.67 bits per heavy atom. The Hall–Kier alpha value is -0.670. The molecule has 4 radical (unpaired) electrons. The predicted octanol–water partition coefficient (Wildman–Crippen LogP) is -1.20. The molecule has 0 rings (SSSR count). The molecule has 0 aromatic carbocycles. The van der Waals surface area contributed by atoms with Crippen LogP contribution >= 0.6 is 0 Å². The van der Waals surface area contributed by atoms with Crippen LogP contribution in [0.2, 0.25) is 0 Å². The van der Waals surface area contributed by atoms with Gasteiger partial charge in [0.15, 0.2) is 0 Å². The van der Waals surface area contributed by atoms with Crippen molar-refractivity contribution < 1.29 is 14.6 Å². The highest BCUT2D eigenvalue weighted by atomic mass is 17.0. The lowest BCUT2D eigenvalue weighted by atomic mass is 10.6. The number of nitrogens with zero attached hydrogens (tertiary/aromatic N) is 1. The van der Waals surface area contributed by atoms with Gasteiger partial charge in [-0.05, 0) is 0 Å². The van der Waals surface area contributed by atoms with Gasteiger partial charge >= 0.3 is 21.2 Å². The molecule has 28 valence electrons. The van der Waals surface area contributed by atoms with E-state index in [1.54, 1.807) is 0 Å². The van der Waals surface area contributed by atoms with Gasteiger partial charge in [0, 0.05) is 0 Å². The molecule has 6 heteroatoms. The summed E-state index contributed by atoms with van der Waals surface area (Å²) in [7, 11) is 8.38. The van der Waals surface area contributed by atoms with Crippen molar-refractivity contribution in [2.75, 3.05) is 0 Å². The highest BCUT2D eigenvalue weighted by Crippen LogP contribution is 1.64. The summed E-state index contributed by atoms with van der Waals surface area (Å²) < 4.78 is 6.66. The first kappa shape index (κ1) is 5.33. The Labute approximate surface area is 36.8 Å². The van der Waals surface area contributed by atoms with E-state index in [2.05, 4.69) is 25.6 Å². The van der Waals surface area contributed by atoms with Crippen LogP contribution in [0.4, 0.5) is 0 Å². The SMILES string of the molecule is [B]O[N+](=O)O[B]. The van der Waals surface area contributed by atoms with E-state index in [1.165, 1.54) is 0 Å². The van der Waals surface area contributed by atoms with Crippen molar-refractivity contribution in [2.24, 2.45) is 0 Å². The molecule has 0 heterocycles. The van der Waals surface area contributed by atoms with Crippen molar-refractivity contribution in [3.63, 3.8) is 0 Å². The normalized spacial score (nSPS) is 6.67. The zero-order valence-electron chi connectivity index (χ0n) is 2.83. The monoisotopic (exact) mass is 84.0 g/mol. The van der Waals surface area contributed by atoms with Crippen LogP contribution in [0.15, 0.2) is 0 Å². The van der Waals surface area contributed by atoms with Gasteiger partial charge in [-0.25, -0.2) is 0 Å². The van der Waals surface area contributed by atoms with Crippen molar-refractivity contribution in [3.8, 4) is 0 Å². The molecule has 0 saturated heterocycles. The molecule has 0 bridgehead atoms. The third-order valence-electron chi connectivity index (χ3n) is 0.172. The quantitative estimate of drug-likeness (QED) is 0.311. The third kappa shape index (κ3) is 1.63. The van der Waals surface area contributed by atoms with E-state index >= 15 is 0 Å². The number of rotatable bonds is 2. The second kappa shape index (κ2) is 2.56. The number of hydrogen-bond acceptors (Lipinski definition) is 3. The van der Waals surface area contributed by atoms with E-state index in [1.807, 2.05) is 0 Å². The molecule has 4 nitrogen and oxygen atoms in total. The third-order valence-corrected chi connectivity index (χ3v) is 0.172. The van der Waals surface area contributed by atoms with E-state index in [4.69, 9.17) is 0 Å². The Bertz CT molecular complexity index is 46.8.